The first-order valence-corrected chi connectivity index (χ1v) is 8.98. The minimum absolute atomic E-state index is 0.240. The third-order valence-corrected chi connectivity index (χ3v) is 4.73. The Hall–Kier alpha value is -2.90. The highest BCUT2D eigenvalue weighted by Crippen LogP contribution is 2.50. The highest BCUT2D eigenvalue weighted by Gasteiger charge is 2.75. The molecule has 0 aliphatic heterocycles. The molecule has 2 rings (SSSR count). The van der Waals surface area contributed by atoms with E-state index in [1.165, 1.54) is 12.1 Å². The Morgan fingerprint density at radius 1 is 1.09 bits per heavy atom. The van der Waals surface area contributed by atoms with E-state index in [9.17, 15) is 39.5 Å². The van der Waals surface area contributed by atoms with Crippen molar-refractivity contribution in [2.45, 2.75) is 31.6 Å². The van der Waals surface area contributed by atoms with Crippen molar-refractivity contribution in [2.75, 3.05) is 7.05 Å². The van der Waals surface area contributed by atoms with Gasteiger partial charge in [-0.05, 0) is 30.2 Å². The predicted octanol–water partition coefficient (Wildman–Crippen LogP) is 5.63. The molecule has 33 heavy (non-hydrogen) atoms. The second-order valence-electron chi connectivity index (χ2n) is 6.46. The number of hydrogen-bond acceptors (Lipinski definition) is 4. The second-order valence-corrected chi connectivity index (χ2v) is 6.87. The van der Waals surface area contributed by atoms with E-state index in [4.69, 9.17) is 17.3 Å². The Morgan fingerprint density at radius 3 is 2.12 bits per heavy atom. The zero-order valence-corrected chi connectivity index (χ0v) is 17.3. The van der Waals surface area contributed by atoms with Crippen LogP contribution in [0.5, 0.6) is 0 Å². The Kier molecular flexibility index (Phi) is 7.31. The summed E-state index contributed by atoms with van der Waals surface area (Å²) < 4.78 is 123. The number of rotatable bonds is 5. The van der Waals surface area contributed by atoms with Gasteiger partial charge in [-0.3, -0.25) is 4.99 Å². The van der Waals surface area contributed by atoms with Gasteiger partial charge in [-0.25, -0.2) is 9.07 Å². The van der Waals surface area contributed by atoms with Crippen LogP contribution in [0.4, 0.5) is 39.5 Å². The molecule has 1 heterocycles. The summed E-state index contributed by atoms with van der Waals surface area (Å²) in [5.74, 6) is -3.13. The molecule has 0 fully saturated rings. The maximum Gasteiger partial charge on any atom is 0.437 e. The minimum atomic E-state index is -6.67. The summed E-state index contributed by atoms with van der Waals surface area (Å²) in [4.78, 5) is 3.35. The van der Waals surface area contributed by atoms with Gasteiger partial charge in [0.2, 0.25) is 0 Å². The summed E-state index contributed by atoms with van der Waals surface area (Å²) in [6, 6.07) is 4.60. The van der Waals surface area contributed by atoms with Crippen LogP contribution in [0.15, 0.2) is 47.0 Å². The molecule has 1 aromatic carbocycles. The Bertz CT molecular complexity index is 1060. The third kappa shape index (κ3) is 5.04. The van der Waals surface area contributed by atoms with Crippen LogP contribution in [0.1, 0.15) is 5.56 Å². The molecule has 0 amide bonds. The monoisotopic (exact) mass is 508 g/mol. The van der Waals surface area contributed by atoms with Crippen molar-refractivity contribution in [2.24, 2.45) is 10.7 Å². The number of alkyl halides is 9. The Labute approximate surface area is 185 Å². The predicted molar refractivity (Wildman–Crippen MR) is 100 cm³/mol. The van der Waals surface area contributed by atoms with Gasteiger partial charge in [0.05, 0.1) is 6.20 Å². The van der Waals surface area contributed by atoms with E-state index in [1.54, 1.807) is 13.0 Å². The van der Waals surface area contributed by atoms with Crippen LogP contribution in [0.3, 0.4) is 0 Å². The molecule has 0 bridgehead atoms. The molecule has 2 aromatic rings. The number of aliphatic imine (C=N–C) groups is 1. The zero-order chi connectivity index (χ0) is 25.4. The zero-order valence-electron chi connectivity index (χ0n) is 16.6. The summed E-state index contributed by atoms with van der Waals surface area (Å²) >= 11 is 5.92. The molecule has 0 aliphatic rings. The molecule has 5 nitrogen and oxygen atoms in total. The van der Waals surface area contributed by atoms with Crippen molar-refractivity contribution < 1.29 is 44.3 Å². The second kappa shape index (κ2) is 9.15. The number of benzene rings is 1. The molecule has 0 atom stereocenters. The van der Waals surface area contributed by atoms with Crippen LogP contribution < -0.4 is 5.73 Å². The van der Waals surface area contributed by atoms with Crippen molar-refractivity contribution in [3.63, 3.8) is 0 Å². The summed E-state index contributed by atoms with van der Waals surface area (Å²) in [5, 5.41) is 4.09. The Morgan fingerprint density at radius 2 is 1.67 bits per heavy atom. The van der Waals surface area contributed by atoms with Gasteiger partial charge >= 0.3 is 24.6 Å². The van der Waals surface area contributed by atoms with E-state index < -0.39 is 41.9 Å². The van der Waals surface area contributed by atoms with Crippen LogP contribution >= 0.6 is 11.6 Å². The van der Waals surface area contributed by atoms with Gasteiger partial charge in [0.1, 0.15) is 5.70 Å². The molecular weight excluding hydrogens is 495 g/mol. The van der Waals surface area contributed by atoms with E-state index in [-0.39, 0.29) is 5.56 Å². The number of aryl methyl sites for hydroxylation is 1. The summed E-state index contributed by atoms with van der Waals surface area (Å²) in [6.07, 6.45) is -11.2. The molecular formula is C18H14ClF9N4O. The van der Waals surface area contributed by atoms with Gasteiger partial charge in [-0.1, -0.05) is 17.7 Å². The van der Waals surface area contributed by atoms with Crippen LogP contribution in [-0.2, 0) is 4.74 Å². The number of nitrogens with zero attached hydrogens (tertiary/aromatic N) is 3. The number of halogens is 10. The van der Waals surface area contributed by atoms with Crippen molar-refractivity contribution in [1.82, 2.24) is 9.78 Å². The standard InChI is InChI=1S/C18H14ClF9N4O/c1-8-5-9(3-4-11(8)19)10-6-31-32(7-10)14(30-2)12(33-15(20)21)13(29)16(22,17(23,24)25)18(26,27)28/h3-7,15H,29H2,1-2H3. The molecule has 0 radical (unpaired) electrons. The number of aromatic nitrogens is 2. The quantitative estimate of drug-likeness (QED) is 0.246. The lowest BCUT2D eigenvalue weighted by Gasteiger charge is -2.31. The maximum atomic E-state index is 14.4. The lowest BCUT2D eigenvalue weighted by Crippen LogP contribution is -2.57. The number of allylic oxidation sites excluding steroid dienone is 2. The van der Waals surface area contributed by atoms with E-state index in [1.807, 2.05) is 0 Å². The van der Waals surface area contributed by atoms with Crippen molar-refractivity contribution >= 4 is 17.4 Å². The topological polar surface area (TPSA) is 65.4 Å². The minimum Gasteiger partial charge on any atom is -0.429 e. The first-order chi connectivity index (χ1) is 15.0. The van der Waals surface area contributed by atoms with E-state index in [0.29, 0.717) is 20.8 Å². The smallest absolute Gasteiger partial charge is 0.429 e. The van der Waals surface area contributed by atoms with E-state index >= 15 is 0 Å². The van der Waals surface area contributed by atoms with E-state index in [0.717, 1.165) is 19.4 Å². The average molecular weight is 509 g/mol. The number of ether oxygens (including phenoxy) is 1. The van der Waals surface area contributed by atoms with Gasteiger partial charge in [-0.2, -0.15) is 40.2 Å². The molecule has 0 unspecified atom stereocenters. The average Bonchev–Trinajstić information content (AvgIpc) is 3.16. The van der Waals surface area contributed by atoms with Gasteiger partial charge in [0.15, 0.2) is 11.6 Å². The third-order valence-electron chi connectivity index (χ3n) is 4.31. The molecule has 182 valence electrons. The summed E-state index contributed by atoms with van der Waals surface area (Å²) in [5.41, 5.74) is -2.77. The SMILES string of the molecule is CN=C(C(OC(F)F)=C(N)C(F)(C(F)(F)F)C(F)(F)F)n1cc(-c2ccc(Cl)c(C)c2)cn1. The molecule has 1 aromatic heterocycles. The van der Waals surface area contributed by atoms with E-state index in [2.05, 4.69) is 14.8 Å². The van der Waals surface area contributed by atoms with Crippen LogP contribution in [0.25, 0.3) is 11.1 Å². The fourth-order valence-corrected chi connectivity index (χ4v) is 2.79. The normalized spacial score (nSPS) is 14.5. The molecule has 0 spiro atoms. The molecule has 2 N–H and O–H groups in total. The maximum absolute atomic E-state index is 14.4. The highest BCUT2D eigenvalue weighted by atomic mass is 35.5. The summed E-state index contributed by atoms with van der Waals surface area (Å²) in [7, 11) is 0.812. The molecule has 0 aliphatic carbocycles. The van der Waals surface area contributed by atoms with Gasteiger partial charge in [-0.15, -0.1) is 0 Å². The van der Waals surface area contributed by atoms with Crippen molar-refractivity contribution in [3.05, 3.63) is 52.6 Å². The fraction of sp³-hybridized carbons (Fsp3) is 0.333. The van der Waals surface area contributed by atoms with Crippen molar-refractivity contribution in [3.8, 4) is 11.1 Å². The van der Waals surface area contributed by atoms with Crippen molar-refractivity contribution in [1.29, 1.82) is 0 Å². The first kappa shape index (κ1) is 26.4. The molecule has 15 heteroatoms. The van der Waals surface area contributed by atoms with Gasteiger partial charge in [0.25, 0.3) is 0 Å². The largest absolute Gasteiger partial charge is 0.437 e. The molecule has 0 saturated heterocycles. The Balaban J connectivity index is 2.70. The number of nitrogens with two attached hydrogens (primary N) is 1. The first-order valence-electron chi connectivity index (χ1n) is 8.60. The fourth-order valence-electron chi connectivity index (χ4n) is 2.67. The summed E-state index contributed by atoms with van der Waals surface area (Å²) in [6.45, 7) is -2.32. The van der Waals surface area contributed by atoms with Gasteiger partial charge in [0, 0.05) is 23.8 Å². The van der Waals surface area contributed by atoms with Crippen LogP contribution in [-0.4, -0.2) is 47.3 Å². The molecule has 0 saturated carbocycles. The highest BCUT2D eigenvalue weighted by molar-refractivity contribution is 6.31. The van der Waals surface area contributed by atoms with Gasteiger partial charge < -0.3 is 10.5 Å². The lowest BCUT2D eigenvalue weighted by atomic mass is 9.99. The number of hydrogen-bond donors (Lipinski definition) is 1. The lowest BCUT2D eigenvalue weighted by molar-refractivity contribution is -0.327. The van der Waals surface area contributed by atoms with Crippen LogP contribution in [0.2, 0.25) is 5.02 Å². The van der Waals surface area contributed by atoms with Crippen LogP contribution in [0, 0.1) is 6.92 Å².